The Morgan fingerprint density at radius 3 is 2.55 bits per heavy atom. The van der Waals surface area contributed by atoms with Gasteiger partial charge in [0, 0.05) is 30.2 Å². The summed E-state index contributed by atoms with van der Waals surface area (Å²) in [5.74, 6) is 0.0321. The summed E-state index contributed by atoms with van der Waals surface area (Å²) < 4.78 is 0. The Balaban J connectivity index is 1.98. The fourth-order valence-corrected chi connectivity index (χ4v) is 3.20. The van der Waals surface area contributed by atoms with Crippen LogP contribution in [0.4, 0.5) is 11.4 Å². The molecule has 0 atom stereocenters. The third-order valence-corrected chi connectivity index (χ3v) is 4.81. The smallest absolute Gasteiger partial charge is 0.224 e. The quantitative estimate of drug-likeness (QED) is 0.398. The Morgan fingerprint density at radius 1 is 1.03 bits per heavy atom. The number of ketones is 1. The van der Waals surface area contributed by atoms with Crippen molar-refractivity contribution in [2.24, 2.45) is 0 Å². The highest BCUT2D eigenvalue weighted by Crippen LogP contribution is 2.30. The number of nitrogens with one attached hydrogen (secondary N) is 2. The molecule has 2 N–H and O–H groups in total. The molecule has 3 aromatic rings. The lowest BCUT2D eigenvalue weighted by Gasteiger charge is -2.15. The number of carbonyl (C=O) groups excluding carboxylic acids is 2. The summed E-state index contributed by atoms with van der Waals surface area (Å²) in [6.07, 6.45) is 4.36. The van der Waals surface area contributed by atoms with Crippen LogP contribution in [0.15, 0.2) is 54.7 Å². The number of Topliss-reactive ketones (excluding diaryl/α,β-unsaturated/α-hetero) is 1. The highest BCUT2D eigenvalue weighted by molar-refractivity contribution is 6.09. The van der Waals surface area contributed by atoms with Crippen LogP contribution in [0.1, 0.15) is 49.0 Å². The maximum Gasteiger partial charge on any atom is 0.224 e. The molecule has 150 valence electrons. The van der Waals surface area contributed by atoms with Crippen molar-refractivity contribution in [3.63, 3.8) is 0 Å². The van der Waals surface area contributed by atoms with Crippen LogP contribution in [0.2, 0.25) is 0 Å². The molecular weight excluding hydrogens is 362 g/mol. The predicted octanol–water partition coefficient (Wildman–Crippen LogP) is 5.03. The Kier molecular flexibility index (Phi) is 6.95. The molecule has 0 aliphatic rings. The van der Waals surface area contributed by atoms with E-state index in [2.05, 4.69) is 22.5 Å². The molecule has 5 nitrogen and oxygen atoms in total. The van der Waals surface area contributed by atoms with Gasteiger partial charge < -0.3 is 10.6 Å². The third-order valence-electron chi connectivity index (χ3n) is 4.81. The Labute approximate surface area is 171 Å². The molecular formula is C24H27N3O2. The van der Waals surface area contributed by atoms with Crippen molar-refractivity contribution < 1.29 is 9.59 Å². The average molecular weight is 389 g/mol. The van der Waals surface area contributed by atoms with Gasteiger partial charge in [-0.15, -0.1) is 0 Å². The first kappa shape index (κ1) is 20.5. The van der Waals surface area contributed by atoms with Crippen LogP contribution in [-0.4, -0.2) is 23.2 Å². The van der Waals surface area contributed by atoms with E-state index in [1.807, 2.05) is 55.5 Å². The number of benzene rings is 2. The minimum absolute atomic E-state index is 0.00381. The molecule has 0 bridgehead atoms. The summed E-state index contributed by atoms with van der Waals surface area (Å²) in [5, 5.41) is 7.18. The zero-order valence-corrected chi connectivity index (χ0v) is 17.0. The minimum atomic E-state index is 0.00381. The van der Waals surface area contributed by atoms with Crippen LogP contribution in [0.25, 0.3) is 10.9 Å². The van der Waals surface area contributed by atoms with E-state index in [1.165, 1.54) is 0 Å². The second-order valence-corrected chi connectivity index (χ2v) is 7.05. The third kappa shape index (κ3) is 5.19. The van der Waals surface area contributed by atoms with E-state index in [-0.39, 0.29) is 11.7 Å². The molecule has 1 heterocycles. The second kappa shape index (κ2) is 9.82. The standard InChI is InChI=1S/C24H27N3O2/c1-3-5-13-25-23(29)15-17-11-12-21-19(14-17)24(20(16-26-21)22(28)4-2)27-18-9-7-6-8-10-18/h6-12,14,16H,3-5,13,15H2,1-2H3,(H,25,29)(H,26,27). The van der Waals surface area contributed by atoms with E-state index >= 15 is 0 Å². The first-order chi connectivity index (χ1) is 14.1. The molecule has 0 radical (unpaired) electrons. The lowest BCUT2D eigenvalue weighted by molar-refractivity contribution is -0.120. The maximum absolute atomic E-state index is 12.5. The molecule has 2 aromatic carbocycles. The van der Waals surface area contributed by atoms with Gasteiger partial charge in [-0.3, -0.25) is 14.6 Å². The van der Waals surface area contributed by atoms with Gasteiger partial charge in [0.2, 0.25) is 5.91 Å². The largest absolute Gasteiger partial charge is 0.356 e. The summed E-state index contributed by atoms with van der Waals surface area (Å²) in [7, 11) is 0. The van der Waals surface area contributed by atoms with Crippen molar-refractivity contribution in [1.82, 2.24) is 10.3 Å². The van der Waals surface area contributed by atoms with Gasteiger partial charge in [-0.2, -0.15) is 0 Å². The molecule has 0 spiro atoms. The van der Waals surface area contributed by atoms with E-state index in [0.29, 0.717) is 24.9 Å². The van der Waals surface area contributed by atoms with Crippen LogP contribution >= 0.6 is 0 Å². The number of hydrogen-bond acceptors (Lipinski definition) is 4. The molecule has 0 saturated heterocycles. The number of fused-ring (bicyclic) bond motifs is 1. The average Bonchev–Trinajstić information content (AvgIpc) is 2.74. The van der Waals surface area contributed by atoms with E-state index < -0.39 is 0 Å². The number of para-hydroxylation sites is 1. The van der Waals surface area contributed by atoms with Crippen molar-refractivity contribution in [2.45, 2.75) is 39.5 Å². The van der Waals surface area contributed by atoms with Gasteiger partial charge in [0.1, 0.15) is 0 Å². The van der Waals surface area contributed by atoms with Crippen molar-refractivity contribution in [3.05, 3.63) is 65.9 Å². The number of unbranched alkanes of at least 4 members (excludes halogenated alkanes) is 1. The number of nitrogens with zero attached hydrogens (tertiary/aromatic N) is 1. The van der Waals surface area contributed by atoms with Crippen LogP contribution < -0.4 is 10.6 Å². The molecule has 0 aliphatic carbocycles. The maximum atomic E-state index is 12.5. The van der Waals surface area contributed by atoms with Crippen molar-refractivity contribution in [1.29, 1.82) is 0 Å². The van der Waals surface area contributed by atoms with E-state index in [4.69, 9.17) is 0 Å². The summed E-state index contributed by atoms with van der Waals surface area (Å²) in [6, 6.07) is 15.5. The molecule has 3 rings (SSSR count). The fourth-order valence-electron chi connectivity index (χ4n) is 3.20. The van der Waals surface area contributed by atoms with Gasteiger partial charge >= 0.3 is 0 Å². The second-order valence-electron chi connectivity index (χ2n) is 7.05. The first-order valence-electron chi connectivity index (χ1n) is 10.2. The highest BCUT2D eigenvalue weighted by Gasteiger charge is 2.15. The minimum Gasteiger partial charge on any atom is -0.356 e. The summed E-state index contributed by atoms with van der Waals surface area (Å²) in [4.78, 5) is 29.2. The molecule has 0 unspecified atom stereocenters. The predicted molar refractivity (Wildman–Crippen MR) is 118 cm³/mol. The number of anilines is 2. The van der Waals surface area contributed by atoms with E-state index in [0.717, 1.165) is 40.7 Å². The zero-order chi connectivity index (χ0) is 20.6. The molecule has 1 aromatic heterocycles. The van der Waals surface area contributed by atoms with E-state index in [9.17, 15) is 9.59 Å². The van der Waals surface area contributed by atoms with E-state index in [1.54, 1.807) is 6.20 Å². The van der Waals surface area contributed by atoms with Gasteiger partial charge in [-0.25, -0.2) is 0 Å². The zero-order valence-electron chi connectivity index (χ0n) is 17.0. The van der Waals surface area contributed by atoms with Gasteiger partial charge in [0.25, 0.3) is 0 Å². The normalized spacial score (nSPS) is 10.7. The molecule has 0 saturated carbocycles. The molecule has 0 fully saturated rings. The number of hydrogen-bond donors (Lipinski definition) is 2. The Morgan fingerprint density at radius 2 is 1.83 bits per heavy atom. The molecule has 5 heteroatoms. The molecule has 29 heavy (non-hydrogen) atoms. The summed E-state index contributed by atoms with van der Waals surface area (Å²) in [6.45, 7) is 4.63. The lowest BCUT2D eigenvalue weighted by atomic mass is 10.0. The van der Waals surface area contributed by atoms with Crippen LogP contribution in [0.3, 0.4) is 0 Å². The fraction of sp³-hybridized carbons (Fsp3) is 0.292. The monoisotopic (exact) mass is 389 g/mol. The number of amides is 1. The SMILES string of the molecule is CCCCNC(=O)Cc1ccc2ncc(C(=O)CC)c(Nc3ccccc3)c2c1. The van der Waals surface area contributed by atoms with Crippen LogP contribution in [-0.2, 0) is 11.2 Å². The highest BCUT2D eigenvalue weighted by atomic mass is 16.1. The van der Waals surface area contributed by atoms with Crippen LogP contribution in [0, 0.1) is 0 Å². The number of pyridine rings is 1. The Bertz CT molecular complexity index is 1000. The van der Waals surface area contributed by atoms with Crippen molar-refractivity contribution in [2.75, 3.05) is 11.9 Å². The first-order valence-corrected chi connectivity index (χ1v) is 10.2. The number of rotatable bonds is 9. The Hall–Kier alpha value is -3.21. The number of aromatic nitrogens is 1. The van der Waals surface area contributed by atoms with Crippen molar-refractivity contribution >= 4 is 34.0 Å². The van der Waals surface area contributed by atoms with Crippen molar-refractivity contribution in [3.8, 4) is 0 Å². The summed E-state index contributed by atoms with van der Waals surface area (Å²) >= 11 is 0. The molecule has 1 amide bonds. The lowest BCUT2D eigenvalue weighted by Crippen LogP contribution is -2.25. The van der Waals surface area contributed by atoms with Gasteiger partial charge in [-0.05, 0) is 36.2 Å². The summed E-state index contributed by atoms with van der Waals surface area (Å²) in [5.41, 5.74) is 3.87. The molecule has 0 aliphatic heterocycles. The topological polar surface area (TPSA) is 71.1 Å². The van der Waals surface area contributed by atoms with Gasteiger partial charge in [0.05, 0.1) is 23.2 Å². The van der Waals surface area contributed by atoms with Gasteiger partial charge in [-0.1, -0.05) is 44.5 Å². The number of carbonyl (C=O) groups is 2. The van der Waals surface area contributed by atoms with Crippen LogP contribution in [0.5, 0.6) is 0 Å². The van der Waals surface area contributed by atoms with Gasteiger partial charge in [0.15, 0.2) is 5.78 Å².